The van der Waals surface area contributed by atoms with Crippen molar-refractivity contribution in [1.82, 2.24) is 0 Å². The van der Waals surface area contributed by atoms with E-state index in [0.29, 0.717) is 6.61 Å². The summed E-state index contributed by atoms with van der Waals surface area (Å²) in [5, 5.41) is 10.5. The molecule has 10 radical (unpaired) electrons. The van der Waals surface area contributed by atoms with Gasteiger partial charge in [0.05, 0.1) is 6.61 Å². The van der Waals surface area contributed by atoms with Gasteiger partial charge in [0.2, 0.25) is 0 Å². The topological polar surface area (TPSA) is 29.5 Å². The van der Waals surface area contributed by atoms with Crippen LogP contribution in [-0.4, -0.2) is 17.0 Å². The predicted octanol–water partition coefficient (Wildman–Crippen LogP) is 6.80. The van der Waals surface area contributed by atoms with E-state index in [2.05, 4.69) is 60.7 Å². The number of rotatable bonds is 7. The average Bonchev–Trinajstić information content (AvgIpc) is 3.54. The van der Waals surface area contributed by atoms with E-state index >= 15 is 0 Å². The van der Waals surface area contributed by atoms with E-state index in [0.717, 1.165) is 28.6 Å². The molecule has 4 heteroatoms. The van der Waals surface area contributed by atoms with Gasteiger partial charge in [0, 0.05) is 11.2 Å². The van der Waals surface area contributed by atoms with Crippen molar-refractivity contribution in [2.45, 2.75) is 13.3 Å². The summed E-state index contributed by atoms with van der Waals surface area (Å²) in [6.07, 6.45) is 19.3. The van der Waals surface area contributed by atoms with Gasteiger partial charge in [-0.3, -0.25) is 0 Å². The summed E-state index contributed by atoms with van der Waals surface area (Å²) >= 11 is 3.38. The first-order chi connectivity index (χ1) is 15.2. The van der Waals surface area contributed by atoms with Crippen molar-refractivity contribution < 1.29 is 29.3 Å². The van der Waals surface area contributed by atoms with E-state index in [1.807, 2.05) is 56.4 Å². The Kier molecular flexibility index (Phi) is 12.6. The fourth-order valence-corrected chi connectivity index (χ4v) is 3.60. The normalized spacial score (nSPS) is 16.6. The van der Waals surface area contributed by atoms with Crippen molar-refractivity contribution in [2.75, 3.05) is 11.9 Å². The number of phenols is 1. The zero-order valence-electron chi connectivity index (χ0n) is 18.0. The summed E-state index contributed by atoms with van der Waals surface area (Å²) in [6.45, 7) is 2.82. The number of alkyl halides is 1. The molecule has 2 saturated carbocycles. The van der Waals surface area contributed by atoms with E-state index in [9.17, 15) is 5.11 Å². The number of allylic oxidation sites excluding steroid dienone is 1. The van der Waals surface area contributed by atoms with E-state index in [1.165, 1.54) is 17.1 Å². The van der Waals surface area contributed by atoms with Crippen LogP contribution >= 0.6 is 15.9 Å². The molecule has 0 saturated heterocycles. The summed E-state index contributed by atoms with van der Waals surface area (Å²) < 4.78 is 5.67. The maximum atomic E-state index is 9.67. The van der Waals surface area contributed by atoms with Gasteiger partial charge in [0.1, 0.15) is 11.5 Å². The van der Waals surface area contributed by atoms with E-state index in [1.54, 1.807) is 12.1 Å². The minimum atomic E-state index is 0. The van der Waals surface area contributed by atoms with Crippen LogP contribution < -0.4 is 4.74 Å². The van der Waals surface area contributed by atoms with E-state index in [4.69, 9.17) is 4.74 Å². The summed E-state index contributed by atoms with van der Waals surface area (Å²) in [6, 6.07) is 15.6. The van der Waals surface area contributed by atoms with Gasteiger partial charge < -0.3 is 9.84 Å². The first-order valence-electron chi connectivity index (χ1n) is 10.4. The Bertz CT molecular complexity index is 797. The van der Waals surface area contributed by atoms with Crippen LogP contribution in [0.5, 0.6) is 11.5 Å². The molecular weight excluding hydrogens is 549 g/mol. The van der Waals surface area contributed by atoms with Gasteiger partial charge in [-0.25, -0.2) is 0 Å². The molecule has 0 heterocycles. The Morgan fingerprint density at radius 2 is 1.28 bits per heavy atom. The van der Waals surface area contributed by atoms with Crippen molar-refractivity contribution in [3.8, 4) is 11.5 Å². The third-order valence-corrected chi connectivity index (χ3v) is 5.19. The second-order valence-corrected chi connectivity index (χ2v) is 7.74. The molecule has 2 aromatic rings. The molecule has 2 nitrogen and oxygen atoms in total. The molecule has 2 fully saturated rings. The minimum absolute atomic E-state index is 0. The van der Waals surface area contributed by atoms with Crippen LogP contribution in [0.3, 0.4) is 0 Å². The molecular formula is C28H27BrO2Ru+2. The number of hydrogen-bond acceptors (Lipinski definition) is 2. The van der Waals surface area contributed by atoms with Crippen LogP contribution in [0.1, 0.15) is 24.5 Å². The maximum absolute atomic E-state index is 9.67. The van der Waals surface area contributed by atoms with Crippen molar-refractivity contribution in [3.05, 3.63) is 129 Å². The van der Waals surface area contributed by atoms with Crippen molar-refractivity contribution in [2.24, 2.45) is 0 Å². The molecule has 4 rings (SSSR count). The number of aromatic hydroxyl groups is 1. The summed E-state index contributed by atoms with van der Waals surface area (Å²) in [5.41, 5.74) is 4.70. The molecule has 2 aromatic carbocycles. The summed E-state index contributed by atoms with van der Waals surface area (Å²) in [4.78, 5) is 0. The molecule has 32 heavy (non-hydrogen) atoms. The van der Waals surface area contributed by atoms with E-state index < -0.39 is 0 Å². The van der Waals surface area contributed by atoms with Gasteiger partial charge in [0.25, 0.3) is 0 Å². The van der Waals surface area contributed by atoms with Crippen LogP contribution in [0.2, 0.25) is 0 Å². The zero-order valence-corrected chi connectivity index (χ0v) is 21.3. The number of ether oxygens (including phenoxy) is 1. The molecule has 0 aromatic heterocycles. The van der Waals surface area contributed by atoms with Crippen LogP contribution in [0.25, 0.3) is 5.57 Å². The van der Waals surface area contributed by atoms with E-state index in [-0.39, 0.29) is 25.2 Å². The molecule has 2 aliphatic rings. The van der Waals surface area contributed by atoms with Gasteiger partial charge in [-0.1, -0.05) is 52.7 Å². The monoisotopic (exact) mass is 576 g/mol. The molecule has 0 amide bonds. The Labute approximate surface area is 215 Å². The second-order valence-electron chi connectivity index (χ2n) is 6.95. The maximum Gasteiger partial charge on any atom is 2.00 e. The fraction of sp³-hybridized carbons (Fsp3) is 0.143. The van der Waals surface area contributed by atoms with Crippen molar-refractivity contribution in [1.29, 1.82) is 0 Å². The second kappa shape index (κ2) is 14.9. The molecule has 0 bridgehead atoms. The minimum Gasteiger partial charge on any atom is -0.508 e. The summed E-state index contributed by atoms with van der Waals surface area (Å²) in [5.74, 6) is 2.37. The smallest absolute Gasteiger partial charge is 0.508 e. The first kappa shape index (κ1) is 27.1. The fourth-order valence-electron chi connectivity index (χ4n) is 3.44. The van der Waals surface area contributed by atoms with Gasteiger partial charge in [0.15, 0.2) is 0 Å². The quantitative estimate of drug-likeness (QED) is 0.290. The first-order valence-corrected chi connectivity index (χ1v) is 11.6. The van der Waals surface area contributed by atoms with Crippen LogP contribution in [-0.2, 0) is 19.5 Å². The Morgan fingerprint density at radius 3 is 1.75 bits per heavy atom. The predicted molar refractivity (Wildman–Crippen MR) is 132 cm³/mol. The average molecular weight is 576 g/mol. The molecule has 1 N–H and O–H groups in total. The SMILES string of the molecule is CC/C([C]1[CH][CH][CH][CH]1)=C(\c1ccc(O)cc1)c1ccc(OCCBr)cc1.[CH]1[CH][CH][CH][CH]1.[Ru+2]. The third-order valence-electron chi connectivity index (χ3n) is 4.87. The third kappa shape index (κ3) is 8.03. The molecule has 2 aliphatic carbocycles. The Balaban J connectivity index is 0.000000534. The van der Waals surface area contributed by atoms with Crippen molar-refractivity contribution in [3.63, 3.8) is 0 Å². The zero-order chi connectivity index (χ0) is 21.9. The van der Waals surface area contributed by atoms with Gasteiger partial charge >= 0.3 is 19.5 Å². The van der Waals surface area contributed by atoms with Crippen LogP contribution in [0, 0.1) is 63.7 Å². The molecule has 0 aliphatic heterocycles. The number of hydrogen-bond donors (Lipinski definition) is 1. The largest absolute Gasteiger partial charge is 2.00 e. The Hall–Kier alpha value is -1.12. The Morgan fingerprint density at radius 1 is 0.781 bits per heavy atom. The number of phenolic OH excluding ortho intramolecular Hbond substituents is 1. The number of benzene rings is 2. The molecule has 164 valence electrons. The molecule has 0 spiro atoms. The summed E-state index contributed by atoms with van der Waals surface area (Å²) in [7, 11) is 0. The molecule has 0 unspecified atom stereocenters. The van der Waals surface area contributed by atoms with Gasteiger partial charge in [-0.05, 0) is 105 Å². The molecule has 0 atom stereocenters. The number of halogens is 1. The van der Waals surface area contributed by atoms with Gasteiger partial charge in [-0.2, -0.15) is 0 Å². The van der Waals surface area contributed by atoms with Crippen molar-refractivity contribution >= 4 is 21.5 Å². The van der Waals surface area contributed by atoms with Gasteiger partial charge in [-0.15, -0.1) is 0 Å². The van der Waals surface area contributed by atoms with Crippen LogP contribution in [0.4, 0.5) is 0 Å². The standard InChI is InChI=1S/C23H22BrO2.C5H5.Ru/c1-2-22(17-5-3-4-6-17)23(18-7-11-20(25)12-8-18)19-9-13-21(14-10-19)26-16-15-24;1-2-4-5-3-1;/h3-14,25H,2,15-16H2,1H3;1-5H;/q;;+2/b23-22-;;. The van der Waals surface area contributed by atoms with Crippen LogP contribution in [0.15, 0.2) is 54.1 Å².